The molecule has 3 aliphatic carbocycles. The predicted octanol–water partition coefficient (Wildman–Crippen LogP) is 4.96. The van der Waals surface area contributed by atoms with Crippen molar-refractivity contribution in [1.29, 1.82) is 5.26 Å². The summed E-state index contributed by atoms with van der Waals surface area (Å²) in [5, 5.41) is 38.9. The number of nitriles is 1. The maximum atomic E-state index is 9.95. The zero-order valence-corrected chi connectivity index (χ0v) is 22.6. The first-order valence-electron chi connectivity index (χ1n) is 13.8. The Hall–Kier alpha value is -3.39. The van der Waals surface area contributed by atoms with Crippen LogP contribution >= 0.6 is 11.3 Å². The largest absolute Gasteiger partial charge is 0.396 e. The minimum atomic E-state index is 0.0906. The fourth-order valence-corrected chi connectivity index (χ4v) is 7.71. The van der Waals surface area contributed by atoms with Gasteiger partial charge in [0, 0.05) is 43.2 Å². The van der Waals surface area contributed by atoms with E-state index in [0.29, 0.717) is 18.2 Å². The van der Waals surface area contributed by atoms with Gasteiger partial charge >= 0.3 is 0 Å². The topological polar surface area (TPSA) is 121 Å². The molecule has 4 aromatic heterocycles. The molecule has 4 aliphatic rings. The zero-order valence-electron chi connectivity index (χ0n) is 21.8. The second-order valence-electron chi connectivity index (χ2n) is 11.4. The molecule has 2 bridgehead atoms. The molecule has 9 nitrogen and oxygen atoms in total. The number of fused-ring (bicyclic) bond motifs is 4. The molecule has 8 rings (SSSR count). The average molecular weight is 542 g/mol. The Morgan fingerprint density at radius 3 is 2.62 bits per heavy atom. The second-order valence-corrected chi connectivity index (χ2v) is 12.4. The fourth-order valence-electron chi connectivity index (χ4n) is 6.57. The smallest absolute Gasteiger partial charge is 0.151 e. The van der Waals surface area contributed by atoms with Crippen molar-refractivity contribution >= 4 is 22.5 Å². The number of hydrogen-bond acceptors (Lipinski definition) is 9. The summed E-state index contributed by atoms with van der Waals surface area (Å²) in [5.41, 5.74) is 5.22. The summed E-state index contributed by atoms with van der Waals surface area (Å²) in [4.78, 5) is 4.85. The average Bonchev–Trinajstić information content (AvgIpc) is 3.67. The lowest BCUT2D eigenvalue weighted by Gasteiger charge is -2.51. The molecule has 10 heteroatoms. The monoisotopic (exact) mass is 541 g/mol. The first-order valence-corrected chi connectivity index (χ1v) is 14.6. The van der Waals surface area contributed by atoms with E-state index in [1.165, 1.54) is 0 Å². The van der Waals surface area contributed by atoms with Crippen molar-refractivity contribution in [3.8, 4) is 28.0 Å². The van der Waals surface area contributed by atoms with Crippen molar-refractivity contribution in [1.82, 2.24) is 24.8 Å². The minimum Gasteiger partial charge on any atom is -0.396 e. The number of nitrogens with zero attached hydrogens (tertiary/aromatic N) is 6. The summed E-state index contributed by atoms with van der Waals surface area (Å²) in [6, 6.07) is 10.3. The zero-order chi connectivity index (χ0) is 26.5. The van der Waals surface area contributed by atoms with Crippen LogP contribution in [0.1, 0.15) is 61.9 Å². The molecule has 0 amide bonds. The van der Waals surface area contributed by atoms with Crippen LogP contribution in [-0.4, -0.2) is 55.8 Å². The van der Waals surface area contributed by atoms with Gasteiger partial charge in [0.05, 0.1) is 34.2 Å². The van der Waals surface area contributed by atoms with Crippen molar-refractivity contribution < 1.29 is 9.84 Å². The molecule has 0 spiro atoms. The summed E-state index contributed by atoms with van der Waals surface area (Å²) in [7, 11) is 0. The Labute approximate surface area is 230 Å². The van der Waals surface area contributed by atoms with Crippen molar-refractivity contribution in [3.63, 3.8) is 0 Å². The summed E-state index contributed by atoms with van der Waals surface area (Å²) in [6.07, 6.45) is 11.8. The Bertz CT molecular complexity index is 1540. The predicted molar refractivity (Wildman–Crippen MR) is 148 cm³/mol. The Balaban J connectivity index is 1.25. The number of aliphatic hydroxyl groups is 1. The van der Waals surface area contributed by atoms with Gasteiger partial charge < -0.3 is 15.2 Å². The molecular formula is C29H31N7O2S. The van der Waals surface area contributed by atoms with Crippen LogP contribution in [0.2, 0.25) is 0 Å². The normalized spacial score (nSPS) is 25.1. The van der Waals surface area contributed by atoms with E-state index in [1.54, 1.807) is 17.5 Å². The van der Waals surface area contributed by atoms with Crippen LogP contribution in [0, 0.1) is 16.7 Å². The molecular weight excluding hydrogens is 510 g/mol. The Kier molecular flexibility index (Phi) is 6.10. The van der Waals surface area contributed by atoms with Crippen LogP contribution in [-0.2, 0) is 10.2 Å². The van der Waals surface area contributed by atoms with E-state index in [4.69, 9.17) is 19.9 Å². The number of hydrogen-bond donors (Lipinski definition) is 2. The highest BCUT2D eigenvalue weighted by molar-refractivity contribution is 7.14. The fraction of sp³-hybridized carbons (Fsp3) is 0.483. The van der Waals surface area contributed by atoms with Gasteiger partial charge in [-0.05, 0) is 81.0 Å². The standard InChI is InChI=1S/C29H31N7O2S/c30-15-19-13-21-1-2-25(36(21)32-16-19)24-14-23(33-20-3-11-38-12-4-20)22(17-31-24)26-34-35-27(39-26)29-8-5-28(18-37,6-9-29)7-10-29/h1-2,13-14,16-17,20,37H,3-12,18H2,(H,31,33). The van der Waals surface area contributed by atoms with Crippen LogP contribution in [0.3, 0.4) is 0 Å². The highest BCUT2D eigenvalue weighted by Gasteiger charge is 2.50. The summed E-state index contributed by atoms with van der Waals surface area (Å²) < 4.78 is 7.41. The lowest BCUT2D eigenvalue weighted by molar-refractivity contribution is -0.00713. The third-order valence-corrected chi connectivity index (χ3v) is 10.4. The number of anilines is 1. The molecule has 5 heterocycles. The lowest BCUT2D eigenvalue weighted by Crippen LogP contribution is -2.45. The van der Waals surface area contributed by atoms with E-state index in [1.807, 2.05) is 28.9 Å². The maximum absolute atomic E-state index is 9.95. The van der Waals surface area contributed by atoms with Gasteiger partial charge in [0.1, 0.15) is 11.1 Å². The third kappa shape index (κ3) is 4.29. The van der Waals surface area contributed by atoms with Crippen LogP contribution in [0.4, 0.5) is 5.69 Å². The Morgan fingerprint density at radius 2 is 1.87 bits per heavy atom. The van der Waals surface area contributed by atoms with Crippen LogP contribution in [0.25, 0.3) is 27.5 Å². The van der Waals surface area contributed by atoms with E-state index in [0.717, 1.165) is 103 Å². The number of ether oxygens (including phenoxy) is 1. The molecule has 2 N–H and O–H groups in total. The van der Waals surface area contributed by atoms with E-state index in [-0.39, 0.29) is 10.8 Å². The van der Waals surface area contributed by atoms with Gasteiger partial charge in [0.2, 0.25) is 0 Å². The van der Waals surface area contributed by atoms with Gasteiger partial charge in [0.25, 0.3) is 0 Å². The quantitative estimate of drug-likeness (QED) is 0.351. The van der Waals surface area contributed by atoms with E-state index >= 15 is 0 Å². The van der Waals surface area contributed by atoms with Crippen molar-refractivity contribution in [2.45, 2.75) is 62.8 Å². The van der Waals surface area contributed by atoms with Gasteiger partial charge in [-0.25, -0.2) is 4.52 Å². The molecule has 3 saturated carbocycles. The van der Waals surface area contributed by atoms with E-state index in [2.05, 4.69) is 22.6 Å². The van der Waals surface area contributed by atoms with Crippen molar-refractivity contribution in [2.75, 3.05) is 25.1 Å². The van der Waals surface area contributed by atoms with Crippen molar-refractivity contribution in [3.05, 3.63) is 47.2 Å². The number of aliphatic hydroxyl groups excluding tert-OH is 1. The molecule has 0 atom stereocenters. The van der Waals surface area contributed by atoms with Crippen LogP contribution in [0.15, 0.2) is 36.7 Å². The molecule has 200 valence electrons. The van der Waals surface area contributed by atoms with Gasteiger partial charge in [-0.1, -0.05) is 11.3 Å². The summed E-state index contributed by atoms with van der Waals surface area (Å²) in [5.74, 6) is 0. The summed E-state index contributed by atoms with van der Waals surface area (Å²) >= 11 is 1.70. The van der Waals surface area contributed by atoms with Crippen molar-refractivity contribution in [2.24, 2.45) is 5.41 Å². The molecule has 0 radical (unpaired) electrons. The highest BCUT2D eigenvalue weighted by atomic mass is 32.1. The second kappa shape index (κ2) is 9.66. The molecule has 4 aromatic rings. The SMILES string of the molecule is N#Cc1cnn2c(-c3cc(NC4CCOCC4)c(-c4nnc(C56CCC(CO)(CC5)CC6)s4)cn3)ccc2c1. The van der Waals surface area contributed by atoms with Gasteiger partial charge in [-0.15, -0.1) is 10.2 Å². The van der Waals surface area contributed by atoms with E-state index in [9.17, 15) is 10.4 Å². The lowest BCUT2D eigenvalue weighted by atomic mass is 9.54. The number of aromatic nitrogens is 5. The van der Waals surface area contributed by atoms with E-state index < -0.39 is 0 Å². The van der Waals surface area contributed by atoms with Gasteiger partial charge in [-0.3, -0.25) is 4.98 Å². The Morgan fingerprint density at radius 1 is 1.08 bits per heavy atom. The number of rotatable bonds is 6. The molecule has 39 heavy (non-hydrogen) atoms. The number of nitrogens with one attached hydrogen (secondary N) is 1. The molecule has 0 aromatic carbocycles. The molecule has 1 saturated heterocycles. The first-order chi connectivity index (χ1) is 19.1. The molecule has 1 aliphatic heterocycles. The third-order valence-electron chi connectivity index (χ3n) is 9.22. The highest BCUT2D eigenvalue weighted by Crippen LogP contribution is 2.58. The minimum absolute atomic E-state index is 0.0906. The first kappa shape index (κ1) is 24.6. The molecule has 0 unspecified atom stereocenters. The van der Waals surface area contributed by atoms with Gasteiger partial charge in [-0.2, -0.15) is 10.4 Å². The molecule has 4 fully saturated rings. The van der Waals surface area contributed by atoms with Crippen LogP contribution in [0.5, 0.6) is 0 Å². The maximum Gasteiger partial charge on any atom is 0.151 e. The van der Waals surface area contributed by atoms with Crippen LogP contribution < -0.4 is 5.32 Å². The van der Waals surface area contributed by atoms with Gasteiger partial charge in [0.15, 0.2) is 5.01 Å². The number of pyridine rings is 1. The summed E-state index contributed by atoms with van der Waals surface area (Å²) in [6.45, 7) is 1.80.